The summed E-state index contributed by atoms with van der Waals surface area (Å²) in [6.45, 7) is 3.92. The van der Waals surface area contributed by atoms with Gasteiger partial charge in [-0.05, 0) is 60.9 Å². The maximum Gasteiger partial charge on any atom is 0.573 e. The van der Waals surface area contributed by atoms with E-state index >= 15 is 0 Å². The van der Waals surface area contributed by atoms with Crippen LogP contribution in [0.15, 0.2) is 83.8 Å². The highest BCUT2D eigenvalue weighted by atomic mass is 32.2. The van der Waals surface area contributed by atoms with Crippen molar-refractivity contribution in [2.24, 2.45) is 0 Å². The predicted molar refractivity (Wildman–Crippen MR) is 130 cm³/mol. The third-order valence-corrected chi connectivity index (χ3v) is 6.96. The molecule has 0 aliphatic carbocycles. The van der Waals surface area contributed by atoms with E-state index in [4.69, 9.17) is 0 Å². The normalized spacial score (nSPS) is 11.8. The molecule has 1 aromatic heterocycles. The van der Waals surface area contributed by atoms with Crippen LogP contribution in [-0.4, -0.2) is 30.5 Å². The Morgan fingerprint density at radius 1 is 0.946 bits per heavy atom. The van der Waals surface area contributed by atoms with E-state index in [2.05, 4.69) is 14.6 Å². The second-order valence-corrected chi connectivity index (χ2v) is 9.95. The van der Waals surface area contributed by atoms with Crippen LogP contribution >= 0.6 is 0 Å². The molecule has 1 amide bonds. The van der Waals surface area contributed by atoms with Crippen molar-refractivity contribution in [3.05, 3.63) is 101 Å². The molecular formula is C26H22F3N3O4S. The van der Waals surface area contributed by atoms with Gasteiger partial charge in [-0.2, -0.15) is 5.10 Å². The molecule has 0 saturated carbocycles. The number of sulfonamides is 1. The molecule has 4 rings (SSSR count). The first-order chi connectivity index (χ1) is 17.4. The van der Waals surface area contributed by atoms with Gasteiger partial charge in [0, 0.05) is 5.56 Å². The number of hydrogen-bond acceptors (Lipinski definition) is 5. The Bertz CT molecular complexity index is 1530. The monoisotopic (exact) mass is 529 g/mol. The van der Waals surface area contributed by atoms with Crippen LogP contribution in [-0.2, 0) is 16.6 Å². The van der Waals surface area contributed by atoms with Gasteiger partial charge in [0.1, 0.15) is 11.4 Å². The van der Waals surface area contributed by atoms with Gasteiger partial charge in [0.05, 0.1) is 17.1 Å². The molecule has 4 aromatic rings. The Kier molecular flexibility index (Phi) is 7.08. The fourth-order valence-corrected chi connectivity index (χ4v) is 4.78. The maximum absolute atomic E-state index is 13.2. The number of benzene rings is 3. The van der Waals surface area contributed by atoms with Gasteiger partial charge >= 0.3 is 6.36 Å². The zero-order valence-electron chi connectivity index (χ0n) is 19.8. The number of amides is 1. The Hall–Kier alpha value is -4.12. The number of aryl methyl sites for hydroxylation is 2. The third kappa shape index (κ3) is 6.18. The van der Waals surface area contributed by atoms with E-state index < -0.39 is 28.0 Å². The molecule has 7 nitrogen and oxygen atoms in total. The Labute approximate surface area is 211 Å². The number of nitrogens with one attached hydrogen (secondary N) is 1. The zero-order chi connectivity index (χ0) is 26.8. The molecule has 0 saturated heterocycles. The molecule has 1 heterocycles. The Morgan fingerprint density at radius 3 is 2.24 bits per heavy atom. The lowest BCUT2D eigenvalue weighted by Gasteiger charge is -2.13. The fourth-order valence-electron chi connectivity index (χ4n) is 3.79. The molecule has 0 unspecified atom stereocenters. The smallest absolute Gasteiger partial charge is 0.406 e. The lowest BCUT2D eigenvalue weighted by molar-refractivity contribution is -0.274. The van der Waals surface area contributed by atoms with Crippen molar-refractivity contribution in [3.8, 4) is 17.0 Å². The number of rotatable bonds is 7. The predicted octanol–water partition coefficient (Wildman–Crippen LogP) is 5.23. The van der Waals surface area contributed by atoms with Crippen molar-refractivity contribution in [2.45, 2.75) is 31.7 Å². The minimum Gasteiger partial charge on any atom is -0.406 e. The minimum atomic E-state index is -4.88. The SMILES string of the molecule is Cc1cccc(C)c1Cn1nc(-c2cccc(OC(F)(F)F)c2)cc1C(=O)NS(=O)(=O)c1ccccc1. The summed E-state index contributed by atoms with van der Waals surface area (Å²) in [5.41, 5.74) is 3.07. The van der Waals surface area contributed by atoms with Crippen LogP contribution in [0.25, 0.3) is 11.3 Å². The summed E-state index contributed by atoms with van der Waals surface area (Å²) in [6.07, 6.45) is -4.88. The van der Waals surface area contributed by atoms with Crippen molar-refractivity contribution >= 4 is 15.9 Å². The lowest BCUT2D eigenvalue weighted by atomic mass is 10.0. The number of ether oxygens (including phenoxy) is 1. The number of carbonyl (C=O) groups excluding carboxylic acids is 1. The van der Waals surface area contributed by atoms with Crippen molar-refractivity contribution in [3.63, 3.8) is 0 Å². The second kappa shape index (κ2) is 10.1. The second-order valence-electron chi connectivity index (χ2n) is 8.27. The molecule has 0 fully saturated rings. The molecule has 0 aliphatic rings. The first kappa shape index (κ1) is 26.0. The highest BCUT2D eigenvalue weighted by molar-refractivity contribution is 7.90. The van der Waals surface area contributed by atoms with Crippen LogP contribution in [0.1, 0.15) is 27.2 Å². The fraction of sp³-hybridized carbons (Fsp3) is 0.154. The summed E-state index contributed by atoms with van der Waals surface area (Å²) in [4.78, 5) is 13.1. The highest BCUT2D eigenvalue weighted by Gasteiger charge is 2.31. The first-order valence-corrected chi connectivity index (χ1v) is 12.5. The van der Waals surface area contributed by atoms with Crippen molar-refractivity contribution < 1.29 is 31.1 Å². The van der Waals surface area contributed by atoms with Crippen molar-refractivity contribution in [1.29, 1.82) is 0 Å². The topological polar surface area (TPSA) is 90.3 Å². The Morgan fingerprint density at radius 2 is 1.59 bits per heavy atom. The average Bonchev–Trinajstić information content (AvgIpc) is 3.25. The number of carbonyl (C=O) groups is 1. The van der Waals surface area contributed by atoms with Gasteiger partial charge in [-0.1, -0.05) is 48.5 Å². The quantitative estimate of drug-likeness (QED) is 0.354. The lowest BCUT2D eigenvalue weighted by Crippen LogP contribution is -2.32. The molecule has 0 bridgehead atoms. The van der Waals surface area contributed by atoms with E-state index in [1.165, 1.54) is 47.1 Å². The zero-order valence-corrected chi connectivity index (χ0v) is 20.6. The van der Waals surface area contributed by atoms with E-state index in [0.29, 0.717) is 0 Å². The molecule has 37 heavy (non-hydrogen) atoms. The van der Waals surface area contributed by atoms with Crippen LogP contribution in [0.2, 0.25) is 0 Å². The van der Waals surface area contributed by atoms with Gasteiger partial charge in [-0.3, -0.25) is 9.48 Å². The standard InChI is InChI=1S/C26H22F3N3O4S/c1-17-8-6-9-18(2)22(17)16-32-24(25(33)31-37(34,35)21-12-4-3-5-13-21)15-23(30-32)19-10-7-11-20(14-19)36-26(27,28)29/h3-15H,16H2,1-2H3,(H,31,33). The van der Waals surface area contributed by atoms with E-state index in [9.17, 15) is 26.4 Å². The molecular weight excluding hydrogens is 507 g/mol. The van der Waals surface area contributed by atoms with Crippen LogP contribution < -0.4 is 9.46 Å². The van der Waals surface area contributed by atoms with Gasteiger partial charge in [-0.15, -0.1) is 13.2 Å². The van der Waals surface area contributed by atoms with Crippen LogP contribution in [0.5, 0.6) is 5.75 Å². The summed E-state index contributed by atoms with van der Waals surface area (Å²) in [7, 11) is -4.18. The number of aromatic nitrogens is 2. The number of halogens is 3. The minimum absolute atomic E-state index is 0.0840. The van der Waals surface area contributed by atoms with Crippen molar-refractivity contribution in [2.75, 3.05) is 0 Å². The van der Waals surface area contributed by atoms with Gasteiger partial charge in [0.25, 0.3) is 15.9 Å². The summed E-state index contributed by atoms with van der Waals surface area (Å²) >= 11 is 0. The van der Waals surface area contributed by atoms with Gasteiger partial charge in [0.2, 0.25) is 0 Å². The number of nitrogens with zero attached hydrogens (tertiary/aromatic N) is 2. The van der Waals surface area contributed by atoms with Gasteiger partial charge in [0.15, 0.2) is 0 Å². The maximum atomic E-state index is 13.2. The molecule has 3 aromatic carbocycles. The summed E-state index contributed by atoms with van der Waals surface area (Å²) in [5.74, 6) is -1.39. The number of hydrogen-bond donors (Lipinski definition) is 1. The van der Waals surface area contributed by atoms with Crippen LogP contribution in [0.3, 0.4) is 0 Å². The molecule has 0 atom stereocenters. The number of alkyl halides is 3. The summed E-state index contributed by atoms with van der Waals surface area (Å²) in [6, 6.07) is 19.5. The highest BCUT2D eigenvalue weighted by Crippen LogP contribution is 2.28. The molecule has 1 N–H and O–H groups in total. The summed E-state index contributed by atoms with van der Waals surface area (Å²) in [5, 5.41) is 4.44. The average molecular weight is 530 g/mol. The summed E-state index contributed by atoms with van der Waals surface area (Å²) < 4.78 is 71.0. The molecule has 192 valence electrons. The van der Waals surface area contributed by atoms with Crippen molar-refractivity contribution in [1.82, 2.24) is 14.5 Å². The molecule has 11 heteroatoms. The van der Waals surface area contributed by atoms with Gasteiger partial charge < -0.3 is 4.74 Å². The molecule has 0 spiro atoms. The van der Waals surface area contributed by atoms with Gasteiger partial charge in [-0.25, -0.2) is 13.1 Å². The van der Waals surface area contributed by atoms with E-state index in [1.807, 2.05) is 32.0 Å². The van der Waals surface area contributed by atoms with E-state index in [-0.39, 0.29) is 28.4 Å². The van der Waals surface area contributed by atoms with E-state index in [1.54, 1.807) is 6.07 Å². The molecule has 0 radical (unpaired) electrons. The van der Waals surface area contributed by atoms with E-state index in [0.717, 1.165) is 28.8 Å². The molecule has 0 aliphatic heterocycles. The largest absolute Gasteiger partial charge is 0.573 e. The van der Waals surface area contributed by atoms with Crippen LogP contribution in [0, 0.1) is 13.8 Å². The van der Waals surface area contributed by atoms with Crippen LogP contribution in [0.4, 0.5) is 13.2 Å². The third-order valence-electron chi connectivity index (χ3n) is 5.61. The Balaban J connectivity index is 1.75. The first-order valence-electron chi connectivity index (χ1n) is 11.0.